The van der Waals surface area contributed by atoms with Crippen molar-refractivity contribution >= 4 is 22.6 Å². The molecule has 0 aliphatic heterocycles. The zero-order chi connectivity index (χ0) is 15.1. The van der Waals surface area contributed by atoms with Gasteiger partial charge in [0.1, 0.15) is 5.58 Å². The van der Waals surface area contributed by atoms with Crippen molar-refractivity contribution < 1.29 is 9.52 Å². The molecule has 4 heteroatoms. The quantitative estimate of drug-likeness (QED) is 0.723. The Morgan fingerprint density at radius 1 is 1.10 bits per heavy atom. The average molecular weight is 301 g/mol. The second-order valence-corrected chi connectivity index (χ2v) is 5.48. The second-order valence-electron chi connectivity index (χ2n) is 5.07. The molecule has 0 spiro atoms. The van der Waals surface area contributed by atoms with Crippen molar-refractivity contribution in [3.8, 4) is 17.1 Å². The van der Waals surface area contributed by atoms with E-state index in [4.69, 9.17) is 16.0 Å². The molecule has 0 unspecified atom stereocenters. The minimum atomic E-state index is -0.478. The van der Waals surface area contributed by atoms with Gasteiger partial charge in [0.25, 0.3) is 0 Å². The maximum absolute atomic E-state index is 12.3. The van der Waals surface area contributed by atoms with Crippen molar-refractivity contribution in [2.75, 3.05) is 0 Å². The summed E-state index contributed by atoms with van der Waals surface area (Å²) < 4.78 is 5.73. The van der Waals surface area contributed by atoms with Crippen LogP contribution in [0.3, 0.4) is 0 Å². The van der Waals surface area contributed by atoms with Gasteiger partial charge in [-0.1, -0.05) is 41.4 Å². The molecule has 0 saturated heterocycles. The standard InChI is InChI=1S/C17H13ClO3/c1-9-3-5-11(6-4-9)17-16(20)15(19)12-8-13(18)10(2)7-14(12)21-17/h3-8,20H,1-2H3. The van der Waals surface area contributed by atoms with Crippen LogP contribution in [0.1, 0.15) is 11.1 Å². The molecule has 3 nitrogen and oxygen atoms in total. The highest BCUT2D eigenvalue weighted by Crippen LogP contribution is 2.31. The summed E-state index contributed by atoms with van der Waals surface area (Å²) in [7, 11) is 0. The fourth-order valence-electron chi connectivity index (χ4n) is 2.21. The molecule has 3 aromatic rings. The average Bonchev–Trinajstić information content (AvgIpc) is 2.46. The fraction of sp³-hybridized carbons (Fsp3) is 0.118. The minimum absolute atomic E-state index is 0.175. The largest absolute Gasteiger partial charge is 0.502 e. The fourth-order valence-corrected chi connectivity index (χ4v) is 2.37. The summed E-state index contributed by atoms with van der Waals surface area (Å²) in [4.78, 5) is 12.3. The summed E-state index contributed by atoms with van der Waals surface area (Å²) in [6.45, 7) is 3.80. The molecule has 0 aliphatic rings. The lowest BCUT2D eigenvalue weighted by Gasteiger charge is -2.07. The van der Waals surface area contributed by atoms with E-state index in [-0.39, 0.29) is 11.1 Å². The first-order chi connectivity index (χ1) is 9.97. The second kappa shape index (κ2) is 4.93. The number of halogens is 1. The summed E-state index contributed by atoms with van der Waals surface area (Å²) in [6, 6.07) is 10.6. The Hall–Kier alpha value is -2.26. The molecule has 21 heavy (non-hydrogen) atoms. The van der Waals surface area contributed by atoms with E-state index in [2.05, 4.69) is 0 Å². The van der Waals surface area contributed by atoms with Gasteiger partial charge in [-0.05, 0) is 31.5 Å². The van der Waals surface area contributed by atoms with Crippen LogP contribution in [0.5, 0.6) is 5.75 Å². The first-order valence-electron chi connectivity index (χ1n) is 6.50. The number of hydrogen-bond donors (Lipinski definition) is 1. The Kier molecular flexibility index (Phi) is 3.22. The lowest BCUT2D eigenvalue weighted by molar-refractivity contribution is 0.449. The molecule has 0 bridgehead atoms. The predicted molar refractivity (Wildman–Crippen MR) is 84.1 cm³/mol. The van der Waals surface area contributed by atoms with Gasteiger partial charge in [-0.15, -0.1) is 0 Å². The van der Waals surface area contributed by atoms with Gasteiger partial charge in [0.2, 0.25) is 11.2 Å². The maximum Gasteiger partial charge on any atom is 0.235 e. The van der Waals surface area contributed by atoms with Gasteiger partial charge in [-0.3, -0.25) is 4.79 Å². The molecular weight excluding hydrogens is 288 g/mol. The summed E-state index contributed by atoms with van der Waals surface area (Å²) in [5, 5.41) is 10.9. The smallest absolute Gasteiger partial charge is 0.235 e. The van der Waals surface area contributed by atoms with Crippen LogP contribution in [0.4, 0.5) is 0 Å². The van der Waals surface area contributed by atoms with E-state index in [1.165, 1.54) is 6.07 Å². The zero-order valence-corrected chi connectivity index (χ0v) is 12.4. The van der Waals surface area contributed by atoms with E-state index in [0.717, 1.165) is 11.1 Å². The van der Waals surface area contributed by atoms with Gasteiger partial charge in [0.05, 0.1) is 5.39 Å². The molecule has 0 radical (unpaired) electrons. The lowest BCUT2D eigenvalue weighted by atomic mass is 10.1. The number of aromatic hydroxyl groups is 1. The maximum atomic E-state index is 12.3. The number of benzene rings is 2. The van der Waals surface area contributed by atoms with E-state index in [9.17, 15) is 9.90 Å². The molecule has 1 N–H and O–H groups in total. The molecule has 0 amide bonds. The predicted octanol–water partition coefficient (Wildman–Crippen LogP) is 4.44. The molecule has 2 aromatic carbocycles. The van der Waals surface area contributed by atoms with Crippen molar-refractivity contribution in [2.45, 2.75) is 13.8 Å². The zero-order valence-electron chi connectivity index (χ0n) is 11.6. The topological polar surface area (TPSA) is 50.4 Å². The van der Waals surface area contributed by atoms with Crippen molar-refractivity contribution in [1.82, 2.24) is 0 Å². The molecule has 1 heterocycles. The molecule has 1 aromatic heterocycles. The van der Waals surface area contributed by atoms with Crippen LogP contribution >= 0.6 is 11.6 Å². The van der Waals surface area contributed by atoms with Crippen molar-refractivity contribution in [2.24, 2.45) is 0 Å². The Morgan fingerprint density at radius 3 is 2.43 bits per heavy atom. The van der Waals surface area contributed by atoms with Gasteiger partial charge >= 0.3 is 0 Å². The van der Waals surface area contributed by atoms with Crippen molar-refractivity contribution in [3.63, 3.8) is 0 Å². The van der Waals surface area contributed by atoms with E-state index in [0.29, 0.717) is 16.2 Å². The number of rotatable bonds is 1. The minimum Gasteiger partial charge on any atom is -0.502 e. The number of fused-ring (bicyclic) bond motifs is 1. The van der Waals surface area contributed by atoms with Gasteiger partial charge < -0.3 is 9.52 Å². The Balaban J connectivity index is 2.34. The summed E-state index contributed by atoms with van der Waals surface area (Å²) in [6.07, 6.45) is 0. The third kappa shape index (κ3) is 2.30. The highest BCUT2D eigenvalue weighted by Gasteiger charge is 2.16. The lowest BCUT2D eigenvalue weighted by Crippen LogP contribution is -2.03. The van der Waals surface area contributed by atoms with Gasteiger partial charge in [0, 0.05) is 10.6 Å². The van der Waals surface area contributed by atoms with Gasteiger partial charge in [-0.25, -0.2) is 0 Å². The van der Waals surface area contributed by atoms with Crippen LogP contribution in [-0.2, 0) is 0 Å². The van der Waals surface area contributed by atoms with Crippen LogP contribution in [0, 0.1) is 13.8 Å². The molecule has 0 fully saturated rings. The normalized spacial score (nSPS) is 11.0. The SMILES string of the molecule is Cc1ccc(-c2oc3cc(C)c(Cl)cc3c(=O)c2O)cc1. The monoisotopic (exact) mass is 300 g/mol. The molecule has 0 aliphatic carbocycles. The van der Waals surface area contributed by atoms with Crippen LogP contribution in [-0.4, -0.2) is 5.11 Å². The van der Waals surface area contributed by atoms with Crippen LogP contribution in [0.2, 0.25) is 5.02 Å². The Labute approximate surface area is 126 Å². The van der Waals surface area contributed by atoms with Gasteiger partial charge in [-0.2, -0.15) is 0 Å². The molecule has 3 rings (SSSR count). The highest BCUT2D eigenvalue weighted by atomic mass is 35.5. The van der Waals surface area contributed by atoms with E-state index < -0.39 is 11.2 Å². The molecule has 0 atom stereocenters. The van der Waals surface area contributed by atoms with Crippen molar-refractivity contribution in [1.29, 1.82) is 0 Å². The molecular formula is C17H13ClO3. The molecule has 0 saturated carbocycles. The molecule has 106 valence electrons. The first-order valence-corrected chi connectivity index (χ1v) is 6.88. The third-order valence-corrected chi connectivity index (χ3v) is 3.87. The summed E-state index contributed by atoms with van der Waals surface area (Å²) >= 11 is 6.02. The van der Waals surface area contributed by atoms with Gasteiger partial charge in [0.15, 0.2) is 5.76 Å². The number of hydrogen-bond acceptors (Lipinski definition) is 3. The third-order valence-electron chi connectivity index (χ3n) is 3.46. The van der Waals surface area contributed by atoms with E-state index in [1.807, 2.05) is 38.1 Å². The van der Waals surface area contributed by atoms with E-state index >= 15 is 0 Å². The van der Waals surface area contributed by atoms with Crippen LogP contribution in [0.25, 0.3) is 22.3 Å². The first kappa shape index (κ1) is 13.7. The summed E-state index contributed by atoms with van der Waals surface area (Å²) in [5.74, 6) is -0.222. The van der Waals surface area contributed by atoms with E-state index in [1.54, 1.807) is 6.07 Å². The summed E-state index contributed by atoms with van der Waals surface area (Å²) in [5.41, 5.74) is 2.49. The number of aryl methyl sites for hydroxylation is 2. The highest BCUT2D eigenvalue weighted by molar-refractivity contribution is 6.32. The Morgan fingerprint density at radius 2 is 1.76 bits per heavy atom. The Bertz CT molecular complexity index is 893. The van der Waals surface area contributed by atoms with Crippen LogP contribution in [0.15, 0.2) is 45.6 Å². The van der Waals surface area contributed by atoms with Crippen LogP contribution < -0.4 is 5.43 Å². The van der Waals surface area contributed by atoms with Crippen molar-refractivity contribution in [3.05, 3.63) is 62.8 Å².